The molecule has 1 aliphatic rings. The van der Waals surface area contributed by atoms with Crippen molar-refractivity contribution in [3.8, 4) is 0 Å². The molecule has 1 saturated heterocycles. The maximum Gasteiger partial charge on any atom is 0.257 e. The Kier molecular flexibility index (Phi) is 5.81. The van der Waals surface area contributed by atoms with E-state index in [0.29, 0.717) is 48.6 Å². The van der Waals surface area contributed by atoms with Crippen LogP contribution in [0, 0.1) is 11.6 Å². The zero-order valence-electron chi connectivity index (χ0n) is 15.1. The predicted molar refractivity (Wildman–Crippen MR) is 104 cm³/mol. The first kappa shape index (κ1) is 20.0. The van der Waals surface area contributed by atoms with Crippen molar-refractivity contribution in [1.29, 1.82) is 0 Å². The van der Waals surface area contributed by atoms with Gasteiger partial charge in [-0.3, -0.25) is 4.79 Å². The molecular formula is C19H19ClF2N4O2. The molecule has 1 aliphatic heterocycles. The topological polar surface area (TPSA) is 59.4 Å². The average Bonchev–Trinajstić information content (AvgIpc) is 3.07. The fourth-order valence-electron chi connectivity index (χ4n) is 3.23. The number of carbonyl (C=O) groups excluding carboxylic acids is 1. The van der Waals surface area contributed by atoms with E-state index in [0.717, 1.165) is 6.07 Å². The van der Waals surface area contributed by atoms with Gasteiger partial charge in [-0.25, -0.2) is 13.8 Å². The third-order valence-corrected chi connectivity index (χ3v) is 4.62. The van der Waals surface area contributed by atoms with Crippen molar-refractivity contribution in [3.05, 3.63) is 53.9 Å². The Hall–Kier alpha value is -2.71. The number of halogens is 3. The number of carbonyl (C=O) groups is 1. The first-order valence-electron chi connectivity index (χ1n) is 8.58. The van der Waals surface area contributed by atoms with Crippen LogP contribution in [0.1, 0.15) is 10.4 Å². The molecule has 4 rings (SSSR count). The molecule has 3 heterocycles. The van der Waals surface area contributed by atoms with Crippen LogP contribution in [-0.4, -0.2) is 46.7 Å². The van der Waals surface area contributed by atoms with Gasteiger partial charge in [0.15, 0.2) is 0 Å². The number of aryl methyl sites for hydroxylation is 1. The number of hydrogen-bond donors (Lipinski definition) is 1. The average molecular weight is 409 g/mol. The highest BCUT2D eigenvalue weighted by molar-refractivity contribution is 6.08. The molecule has 0 unspecified atom stereocenters. The van der Waals surface area contributed by atoms with Crippen LogP contribution < -0.4 is 5.32 Å². The number of fused-ring (bicyclic) bond motifs is 1. The minimum atomic E-state index is -0.714. The van der Waals surface area contributed by atoms with Gasteiger partial charge in [0, 0.05) is 44.0 Å². The molecule has 1 aromatic carbocycles. The molecule has 0 atom stereocenters. The Morgan fingerprint density at radius 3 is 2.68 bits per heavy atom. The first-order chi connectivity index (χ1) is 13.0. The van der Waals surface area contributed by atoms with Gasteiger partial charge in [-0.2, -0.15) is 0 Å². The smallest absolute Gasteiger partial charge is 0.257 e. The Labute approximate surface area is 166 Å². The summed E-state index contributed by atoms with van der Waals surface area (Å²) < 4.78 is 34.2. The van der Waals surface area contributed by atoms with E-state index in [1.54, 1.807) is 4.90 Å². The SMILES string of the molecule is Cl.Cn1ccc2c(Nc3ccc(F)cc3F)ncc(C(=O)N3CCOCC3)c21. The Morgan fingerprint density at radius 2 is 1.96 bits per heavy atom. The molecular weight excluding hydrogens is 390 g/mol. The normalized spacial score (nSPS) is 14.0. The number of aromatic nitrogens is 2. The summed E-state index contributed by atoms with van der Waals surface area (Å²) in [7, 11) is 1.83. The van der Waals surface area contributed by atoms with Gasteiger partial charge in [0.25, 0.3) is 5.91 Å². The second-order valence-corrected chi connectivity index (χ2v) is 6.36. The number of hydrogen-bond acceptors (Lipinski definition) is 4. The summed E-state index contributed by atoms with van der Waals surface area (Å²) in [4.78, 5) is 19.0. The summed E-state index contributed by atoms with van der Waals surface area (Å²) in [5, 5.41) is 3.57. The summed E-state index contributed by atoms with van der Waals surface area (Å²) in [5.41, 5.74) is 1.29. The molecule has 0 spiro atoms. The van der Waals surface area contributed by atoms with Crippen LogP contribution in [0.2, 0.25) is 0 Å². The summed E-state index contributed by atoms with van der Waals surface area (Å²) in [6, 6.07) is 5.10. The number of morpholine rings is 1. The standard InChI is InChI=1S/C19H18F2N4O2.ClH/c1-24-5-4-13-17(24)14(19(26)25-6-8-27-9-7-25)11-22-18(13)23-16-3-2-12(20)10-15(16)21;/h2-5,10-11H,6-9H2,1H3,(H,22,23);1H. The molecule has 0 aliphatic carbocycles. The molecule has 148 valence electrons. The number of anilines is 2. The van der Waals surface area contributed by atoms with E-state index in [1.807, 2.05) is 23.9 Å². The second kappa shape index (κ2) is 8.12. The van der Waals surface area contributed by atoms with Crippen LogP contribution in [-0.2, 0) is 11.8 Å². The minimum absolute atomic E-state index is 0. The number of nitrogens with one attached hydrogen (secondary N) is 1. The molecule has 1 fully saturated rings. The van der Waals surface area contributed by atoms with Crippen molar-refractivity contribution in [2.45, 2.75) is 0 Å². The van der Waals surface area contributed by atoms with Crippen LogP contribution >= 0.6 is 12.4 Å². The summed E-state index contributed by atoms with van der Waals surface area (Å²) in [6.07, 6.45) is 3.30. The minimum Gasteiger partial charge on any atom is -0.378 e. The lowest BCUT2D eigenvalue weighted by Gasteiger charge is -2.27. The quantitative estimate of drug-likeness (QED) is 0.720. The van der Waals surface area contributed by atoms with Gasteiger partial charge in [0.05, 0.1) is 30.0 Å². The molecule has 0 saturated carbocycles. The first-order valence-corrected chi connectivity index (χ1v) is 8.58. The number of amides is 1. The summed E-state index contributed by atoms with van der Waals surface area (Å²) >= 11 is 0. The van der Waals surface area contributed by atoms with E-state index in [-0.39, 0.29) is 24.0 Å². The van der Waals surface area contributed by atoms with Crippen molar-refractivity contribution in [3.63, 3.8) is 0 Å². The lowest BCUT2D eigenvalue weighted by atomic mass is 10.1. The van der Waals surface area contributed by atoms with Crippen molar-refractivity contribution >= 4 is 40.7 Å². The number of benzene rings is 1. The largest absolute Gasteiger partial charge is 0.378 e. The van der Waals surface area contributed by atoms with Crippen molar-refractivity contribution in [1.82, 2.24) is 14.5 Å². The third-order valence-electron chi connectivity index (χ3n) is 4.62. The van der Waals surface area contributed by atoms with Crippen LogP contribution in [0.15, 0.2) is 36.7 Å². The Morgan fingerprint density at radius 1 is 1.21 bits per heavy atom. The highest BCUT2D eigenvalue weighted by atomic mass is 35.5. The van der Waals surface area contributed by atoms with E-state index in [1.165, 1.54) is 18.3 Å². The van der Waals surface area contributed by atoms with Crippen LogP contribution in [0.25, 0.3) is 10.9 Å². The van der Waals surface area contributed by atoms with E-state index < -0.39 is 11.6 Å². The maximum absolute atomic E-state index is 14.0. The van der Waals surface area contributed by atoms with Crippen molar-refractivity contribution in [2.75, 3.05) is 31.6 Å². The van der Waals surface area contributed by atoms with Gasteiger partial charge in [0.2, 0.25) is 0 Å². The number of pyridine rings is 1. The molecule has 1 amide bonds. The van der Waals surface area contributed by atoms with Gasteiger partial charge >= 0.3 is 0 Å². The Balaban J connectivity index is 0.00000225. The number of ether oxygens (including phenoxy) is 1. The lowest BCUT2D eigenvalue weighted by molar-refractivity contribution is 0.0303. The van der Waals surface area contributed by atoms with E-state index >= 15 is 0 Å². The van der Waals surface area contributed by atoms with Crippen LogP contribution in [0.4, 0.5) is 20.3 Å². The molecule has 1 N–H and O–H groups in total. The highest BCUT2D eigenvalue weighted by Gasteiger charge is 2.23. The Bertz CT molecular complexity index is 1020. The monoisotopic (exact) mass is 408 g/mol. The van der Waals surface area contributed by atoms with E-state index in [4.69, 9.17) is 4.74 Å². The van der Waals surface area contributed by atoms with Gasteiger partial charge in [-0.1, -0.05) is 0 Å². The van der Waals surface area contributed by atoms with Gasteiger partial charge in [-0.05, 0) is 18.2 Å². The van der Waals surface area contributed by atoms with Gasteiger partial charge in [0.1, 0.15) is 17.5 Å². The van der Waals surface area contributed by atoms with Crippen molar-refractivity contribution in [2.24, 2.45) is 7.05 Å². The van der Waals surface area contributed by atoms with Crippen LogP contribution in [0.5, 0.6) is 0 Å². The third kappa shape index (κ3) is 3.65. The molecule has 9 heteroatoms. The molecule has 6 nitrogen and oxygen atoms in total. The lowest BCUT2D eigenvalue weighted by Crippen LogP contribution is -2.40. The fourth-order valence-corrected chi connectivity index (χ4v) is 3.23. The molecule has 2 aromatic heterocycles. The predicted octanol–water partition coefficient (Wildman–Crippen LogP) is 3.49. The second-order valence-electron chi connectivity index (χ2n) is 6.36. The molecule has 0 bridgehead atoms. The molecule has 0 radical (unpaired) electrons. The molecule has 3 aromatic rings. The van der Waals surface area contributed by atoms with Gasteiger partial charge < -0.3 is 19.5 Å². The van der Waals surface area contributed by atoms with E-state index in [2.05, 4.69) is 10.3 Å². The summed E-state index contributed by atoms with van der Waals surface area (Å²) in [6.45, 7) is 2.09. The number of rotatable bonds is 3. The maximum atomic E-state index is 14.0. The number of nitrogens with zero attached hydrogens (tertiary/aromatic N) is 3. The highest BCUT2D eigenvalue weighted by Crippen LogP contribution is 2.29. The van der Waals surface area contributed by atoms with Gasteiger partial charge in [-0.15, -0.1) is 12.4 Å². The zero-order chi connectivity index (χ0) is 19.0. The summed E-state index contributed by atoms with van der Waals surface area (Å²) in [5.74, 6) is -1.08. The van der Waals surface area contributed by atoms with Crippen molar-refractivity contribution < 1.29 is 18.3 Å². The fraction of sp³-hybridized carbons (Fsp3) is 0.263. The van der Waals surface area contributed by atoms with E-state index in [9.17, 15) is 13.6 Å². The molecule has 28 heavy (non-hydrogen) atoms. The van der Waals surface area contributed by atoms with Crippen LogP contribution in [0.3, 0.4) is 0 Å². The zero-order valence-corrected chi connectivity index (χ0v) is 15.9.